The largest absolute Gasteiger partial charge is 0.460 e. The van der Waals surface area contributed by atoms with E-state index in [2.05, 4.69) is 4.72 Å². The third-order valence-corrected chi connectivity index (χ3v) is 4.43. The highest BCUT2D eigenvalue weighted by Crippen LogP contribution is 2.17. The van der Waals surface area contributed by atoms with Crippen molar-refractivity contribution in [1.82, 2.24) is 4.72 Å². The third kappa shape index (κ3) is 9.54. The molecule has 5 nitrogen and oxygen atoms in total. The van der Waals surface area contributed by atoms with Crippen molar-refractivity contribution in [3.8, 4) is 0 Å². The van der Waals surface area contributed by atoms with E-state index in [0.717, 1.165) is 0 Å². The van der Waals surface area contributed by atoms with Gasteiger partial charge in [-0.1, -0.05) is 13.8 Å². The smallest absolute Gasteiger partial charge is 0.308 e. The number of ether oxygens (including phenoxy) is 1. The van der Waals surface area contributed by atoms with E-state index in [9.17, 15) is 14.1 Å². The Labute approximate surface area is 137 Å². The van der Waals surface area contributed by atoms with Gasteiger partial charge in [0, 0.05) is 6.04 Å². The van der Waals surface area contributed by atoms with Gasteiger partial charge in [-0.25, -0.2) is 8.93 Å². The van der Waals surface area contributed by atoms with Crippen molar-refractivity contribution in [2.75, 3.05) is 0 Å². The molecule has 132 valence electrons. The Morgan fingerprint density at radius 1 is 1.18 bits per heavy atom. The van der Waals surface area contributed by atoms with Gasteiger partial charge in [-0.15, -0.1) is 0 Å². The second-order valence-corrected chi connectivity index (χ2v) is 10.1. The fraction of sp³-hybridized carbons (Fsp3) is 0.938. The van der Waals surface area contributed by atoms with Gasteiger partial charge in [0.1, 0.15) is 5.60 Å². The number of esters is 1. The molecule has 0 aliphatic heterocycles. The number of rotatable bonds is 7. The van der Waals surface area contributed by atoms with Gasteiger partial charge in [-0.2, -0.15) is 0 Å². The van der Waals surface area contributed by atoms with Crippen LogP contribution in [0.15, 0.2) is 0 Å². The molecule has 0 aromatic heterocycles. The van der Waals surface area contributed by atoms with Crippen LogP contribution in [0.1, 0.15) is 68.2 Å². The number of hydrogen-bond acceptors (Lipinski definition) is 4. The van der Waals surface area contributed by atoms with Crippen LogP contribution in [0, 0.1) is 5.92 Å². The van der Waals surface area contributed by atoms with Crippen molar-refractivity contribution >= 4 is 17.0 Å². The average Bonchev–Trinajstić information content (AvgIpc) is 2.22. The second-order valence-electron chi connectivity index (χ2n) is 8.09. The summed E-state index contributed by atoms with van der Waals surface area (Å²) in [5.74, 6) is -0.139. The Bertz CT molecular complexity index is 383. The minimum absolute atomic E-state index is 0.108. The molecule has 0 aromatic rings. The predicted octanol–water partition coefficient (Wildman–Crippen LogP) is 2.55. The molecule has 2 N–H and O–H groups in total. The summed E-state index contributed by atoms with van der Waals surface area (Å²) in [6.45, 7) is 15.0. The molecule has 0 unspecified atom stereocenters. The number of carbonyl (C=O) groups excluding carboxylic acids is 1. The van der Waals surface area contributed by atoms with Gasteiger partial charge < -0.3 is 9.84 Å². The van der Waals surface area contributed by atoms with E-state index < -0.39 is 39.4 Å². The number of carbonyl (C=O) groups is 1. The van der Waals surface area contributed by atoms with E-state index in [1.54, 1.807) is 20.8 Å². The molecule has 3 atom stereocenters. The predicted molar refractivity (Wildman–Crippen MR) is 90.7 cm³/mol. The number of nitrogens with one attached hydrogen (secondary N) is 1. The maximum Gasteiger partial charge on any atom is 0.308 e. The highest BCUT2D eigenvalue weighted by Gasteiger charge is 2.30. The van der Waals surface area contributed by atoms with Crippen molar-refractivity contribution in [3.63, 3.8) is 0 Å². The Hall–Kier alpha value is -0.460. The lowest BCUT2D eigenvalue weighted by molar-refractivity contribution is -0.157. The zero-order valence-electron chi connectivity index (χ0n) is 15.2. The first kappa shape index (κ1) is 21.5. The molecule has 0 amide bonds. The van der Waals surface area contributed by atoms with E-state index >= 15 is 0 Å². The minimum Gasteiger partial charge on any atom is -0.460 e. The Kier molecular flexibility index (Phi) is 8.23. The lowest BCUT2D eigenvalue weighted by Crippen LogP contribution is -2.47. The monoisotopic (exact) mass is 335 g/mol. The lowest BCUT2D eigenvalue weighted by atomic mass is 9.98. The number of aliphatic hydroxyl groups excluding tert-OH is 1. The quantitative estimate of drug-likeness (QED) is 0.701. The summed E-state index contributed by atoms with van der Waals surface area (Å²) in [6.07, 6.45) is -0.405. The lowest BCUT2D eigenvalue weighted by Gasteiger charge is -2.29. The SMILES string of the molecule is CC(C)C[C@H](N[S@](=O)C(C)(C)C)[C@H](O)CC(=O)OC(C)(C)C. The van der Waals surface area contributed by atoms with Crippen LogP contribution in [0.5, 0.6) is 0 Å². The summed E-state index contributed by atoms with van der Waals surface area (Å²) < 4.78 is 20.0. The molecule has 0 aromatic carbocycles. The summed E-state index contributed by atoms with van der Waals surface area (Å²) in [6, 6.07) is -0.410. The normalized spacial score (nSPS) is 17.2. The number of aliphatic hydroxyl groups is 1. The standard InChI is InChI=1S/C16H33NO4S/c1-11(2)9-12(17-22(20)16(6,7)8)13(18)10-14(19)21-15(3,4)5/h11-13,17-18H,9-10H2,1-8H3/t12-,13+,22+/m0/s1. The molecule has 0 rings (SSSR count). The molecule has 0 radical (unpaired) electrons. The van der Waals surface area contributed by atoms with Crippen LogP contribution in [0.2, 0.25) is 0 Å². The van der Waals surface area contributed by atoms with E-state index in [1.165, 1.54) is 0 Å². The summed E-state index contributed by atoms with van der Waals surface area (Å²) in [4.78, 5) is 11.9. The summed E-state index contributed by atoms with van der Waals surface area (Å²) >= 11 is 0. The first-order valence-corrected chi connectivity index (χ1v) is 8.95. The van der Waals surface area contributed by atoms with Gasteiger partial charge >= 0.3 is 5.97 Å². The second kappa shape index (κ2) is 8.41. The molecule has 0 spiro atoms. The molecule has 0 fully saturated rings. The van der Waals surface area contributed by atoms with Crippen LogP contribution in [0.3, 0.4) is 0 Å². The van der Waals surface area contributed by atoms with Crippen LogP contribution in [-0.2, 0) is 20.5 Å². The first-order chi connectivity index (χ1) is 9.72. The molecular formula is C16H33NO4S. The molecule has 0 saturated carbocycles. The molecule has 0 saturated heterocycles. The van der Waals surface area contributed by atoms with Gasteiger partial charge in [-0.05, 0) is 53.9 Å². The molecule has 0 heterocycles. The van der Waals surface area contributed by atoms with E-state index in [4.69, 9.17) is 4.74 Å². The maximum atomic E-state index is 12.2. The Balaban J connectivity index is 4.81. The van der Waals surface area contributed by atoms with E-state index in [-0.39, 0.29) is 6.42 Å². The van der Waals surface area contributed by atoms with Crippen LogP contribution in [0.25, 0.3) is 0 Å². The van der Waals surface area contributed by atoms with Gasteiger partial charge in [-0.3, -0.25) is 4.79 Å². The molecule has 22 heavy (non-hydrogen) atoms. The fourth-order valence-electron chi connectivity index (χ4n) is 1.80. The van der Waals surface area contributed by atoms with Crippen LogP contribution < -0.4 is 4.72 Å². The zero-order chi connectivity index (χ0) is 17.7. The average molecular weight is 336 g/mol. The first-order valence-electron chi connectivity index (χ1n) is 7.80. The highest BCUT2D eigenvalue weighted by molar-refractivity contribution is 7.84. The maximum absolute atomic E-state index is 12.2. The van der Waals surface area contributed by atoms with Crippen LogP contribution in [0.4, 0.5) is 0 Å². The van der Waals surface area contributed by atoms with Crippen molar-refractivity contribution in [2.24, 2.45) is 5.92 Å². The topological polar surface area (TPSA) is 75.6 Å². The highest BCUT2D eigenvalue weighted by atomic mass is 32.2. The zero-order valence-corrected chi connectivity index (χ0v) is 16.0. The number of hydrogen-bond donors (Lipinski definition) is 2. The molecular weight excluding hydrogens is 302 g/mol. The summed E-state index contributed by atoms with van der Waals surface area (Å²) in [5.41, 5.74) is -0.577. The van der Waals surface area contributed by atoms with E-state index in [1.807, 2.05) is 34.6 Å². The van der Waals surface area contributed by atoms with Gasteiger partial charge in [0.25, 0.3) is 0 Å². The van der Waals surface area contributed by atoms with Gasteiger partial charge in [0.2, 0.25) is 0 Å². The molecule has 0 aliphatic rings. The molecule has 0 bridgehead atoms. The van der Waals surface area contributed by atoms with Crippen molar-refractivity contribution < 1.29 is 18.8 Å². The van der Waals surface area contributed by atoms with Crippen molar-refractivity contribution in [1.29, 1.82) is 0 Å². The third-order valence-electron chi connectivity index (χ3n) is 2.80. The molecule has 6 heteroatoms. The fourth-order valence-corrected chi connectivity index (χ4v) is 2.68. The summed E-state index contributed by atoms with van der Waals surface area (Å²) in [5, 5.41) is 10.3. The van der Waals surface area contributed by atoms with Crippen molar-refractivity contribution in [3.05, 3.63) is 0 Å². The van der Waals surface area contributed by atoms with Crippen molar-refractivity contribution in [2.45, 2.75) is 90.7 Å². The van der Waals surface area contributed by atoms with Gasteiger partial charge in [0.05, 0.1) is 28.3 Å². The van der Waals surface area contributed by atoms with Gasteiger partial charge in [0.15, 0.2) is 0 Å². The Morgan fingerprint density at radius 3 is 2.05 bits per heavy atom. The minimum atomic E-state index is -1.30. The Morgan fingerprint density at radius 2 is 1.68 bits per heavy atom. The van der Waals surface area contributed by atoms with Crippen LogP contribution >= 0.6 is 0 Å². The van der Waals surface area contributed by atoms with Crippen LogP contribution in [-0.4, -0.2) is 37.8 Å². The van der Waals surface area contributed by atoms with E-state index in [0.29, 0.717) is 12.3 Å². The summed E-state index contributed by atoms with van der Waals surface area (Å²) in [7, 11) is -1.30. The molecule has 0 aliphatic carbocycles.